The highest BCUT2D eigenvalue weighted by Crippen LogP contribution is 2.42. The minimum atomic E-state index is 1.15. The summed E-state index contributed by atoms with van der Waals surface area (Å²) >= 11 is 1.86. The molecule has 44 heavy (non-hydrogen) atoms. The molecule has 206 valence electrons. The van der Waals surface area contributed by atoms with Crippen molar-refractivity contribution < 1.29 is 0 Å². The van der Waals surface area contributed by atoms with Crippen LogP contribution in [0.25, 0.3) is 63.6 Å². The van der Waals surface area contributed by atoms with E-state index in [0.717, 1.165) is 17.1 Å². The van der Waals surface area contributed by atoms with Crippen molar-refractivity contribution in [3.8, 4) is 11.1 Å². The first kappa shape index (κ1) is 25.1. The van der Waals surface area contributed by atoms with Gasteiger partial charge in [0, 0.05) is 37.2 Å². The zero-order valence-electron chi connectivity index (χ0n) is 23.9. The first-order valence-corrected chi connectivity index (χ1v) is 15.8. The molecule has 8 aromatic carbocycles. The molecule has 0 bridgehead atoms. The molecular formula is C42H27NS. The Hall–Kier alpha value is -5.44. The van der Waals surface area contributed by atoms with Crippen LogP contribution < -0.4 is 4.90 Å². The maximum atomic E-state index is 2.39. The van der Waals surface area contributed by atoms with Crippen LogP contribution in [-0.2, 0) is 0 Å². The van der Waals surface area contributed by atoms with Gasteiger partial charge in [0.2, 0.25) is 0 Å². The monoisotopic (exact) mass is 577 g/mol. The molecule has 0 aliphatic heterocycles. The van der Waals surface area contributed by atoms with Gasteiger partial charge in [0.15, 0.2) is 0 Å². The van der Waals surface area contributed by atoms with E-state index < -0.39 is 0 Å². The first-order valence-electron chi connectivity index (χ1n) is 15.0. The molecule has 0 fully saturated rings. The third-order valence-corrected chi connectivity index (χ3v) is 9.97. The van der Waals surface area contributed by atoms with E-state index in [0.29, 0.717) is 0 Å². The van der Waals surface area contributed by atoms with Crippen LogP contribution in [0.5, 0.6) is 0 Å². The maximum absolute atomic E-state index is 2.39. The van der Waals surface area contributed by atoms with Gasteiger partial charge < -0.3 is 4.90 Å². The molecule has 1 nitrogen and oxygen atoms in total. The number of benzene rings is 8. The molecule has 0 radical (unpaired) electrons. The molecule has 9 aromatic rings. The van der Waals surface area contributed by atoms with E-state index in [4.69, 9.17) is 0 Å². The van der Waals surface area contributed by atoms with E-state index in [9.17, 15) is 0 Å². The summed E-state index contributed by atoms with van der Waals surface area (Å²) in [6.07, 6.45) is 0. The van der Waals surface area contributed by atoms with Gasteiger partial charge in [-0.05, 0) is 104 Å². The quantitative estimate of drug-likeness (QED) is 0.188. The number of thiophene rings is 1. The average Bonchev–Trinajstić information content (AvgIpc) is 3.47. The summed E-state index contributed by atoms with van der Waals surface area (Å²) in [4.78, 5) is 2.34. The molecule has 1 aromatic heterocycles. The van der Waals surface area contributed by atoms with Gasteiger partial charge in [0.05, 0.1) is 0 Å². The van der Waals surface area contributed by atoms with Crippen molar-refractivity contribution in [2.24, 2.45) is 0 Å². The van der Waals surface area contributed by atoms with E-state index in [2.05, 4.69) is 169 Å². The minimum Gasteiger partial charge on any atom is -0.310 e. The summed E-state index contributed by atoms with van der Waals surface area (Å²) in [5, 5.41) is 10.4. The maximum Gasteiger partial charge on any atom is 0.0468 e. The summed E-state index contributed by atoms with van der Waals surface area (Å²) in [7, 11) is 0. The van der Waals surface area contributed by atoms with Crippen molar-refractivity contribution in [2.75, 3.05) is 4.90 Å². The fourth-order valence-corrected chi connectivity index (χ4v) is 7.84. The standard InChI is InChI=1S/C42H27NS/c1-3-11-30(12-4-1)43(31-13-5-2-6-14-31)32-21-24-42-40(27-32)39-26-29(20-23-41(39)44-42)28-19-22-37-35-17-8-7-15-33(35)34-16-9-10-18-36(34)38(37)25-28/h1-27H. The number of para-hydroxylation sites is 2. The average molecular weight is 578 g/mol. The normalized spacial score (nSPS) is 11.6. The summed E-state index contributed by atoms with van der Waals surface area (Å²) in [5.74, 6) is 0. The lowest BCUT2D eigenvalue weighted by Gasteiger charge is -2.25. The number of anilines is 3. The topological polar surface area (TPSA) is 3.24 Å². The lowest BCUT2D eigenvalue weighted by molar-refractivity contribution is 1.29. The zero-order chi connectivity index (χ0) is 29.0. The molecule has 0 aliphatic carbocycles. The number of nitrogens with zero attached hydrogens (tertiary/aromatic N) is 1. The van der Waals surface area contributed by atoms with E-state index in [-0.39, 0.29) is 0 Å². The molecule has 1 heterocycles. The van der Waals surface area contributed by atoms with Gasteiger partial charge >= 0.3 is 0 Å². The zero-order valence-corrected chi connectivity index (χ0v) is 24.8. The van der Waals surface area contributed by atoms with E-state index >= 15 is 0 Å². The summed E-state index contributed by atoms with van der Waals surface area (Å²) in [6.45, 7) is 0. The lowest BCUT2D eigenvalue weighted by atomic mass is 9.92. The molecule has 0 atom stereocenters. The Morgan fingerprint density at radius 2 is 0.727 bits per heavy atom. The van der Waals surface area contributed by atoms with Crippen molar-refractivity contribution in [3.63, 3.8) is 0 Å². The van der Waals surface area contributed by atoms with Crippen LogP contribution in [0.2, 0.25) is 0 Å². The largest absolute Gasteiger partial charge is 0.310 e. The fourth-order valence-electron chi connectivity index (χ4n) is 6.77. The summed E-state index contributed by atoms with van der Waals surface area (Å²) in [5.41, 5.74) is 5.93. The second-order valence-corrected chi connectivity index (χ2v) is 12.4. The molecule has 0 aliphatic rings. The Morgan fingerprint density at radius 3 is 1.32 bits per heavy atom. The second-order valence-electron chi connectivity index (χ2n) is 11.4. The van der Waals surface area contributed by atoms with Crippen LogP contribution in [-0.4, -0.2) is 0 Å². The molecule has 0 unspecified atom stereocenters. The predicted octanol–water partition coefficient (Wildman–Crippen LogP) is 12.7. The van der Waals surface area contributed by atoms with Crippen molar-refractivity contribution in [3.05, 3.63) is 164 Å². The Labute approximate surface area is 259 Å². The predicted molar refractivity (Wildman–Crippen MR) is 192 cm³/mol. The van der Waals surface area contributed by atoms with Gasteiger partial charge in [-0.1, -0.05) is 103 Å². The van der Waals surface area contributed by atoms with Crippen molar-refractivity contribution in [1.82, 2.24) is 0 Å². The summed E-state index contributed by atoms with van der Waals surface area (Å²) < 4.78 is 2.61. The van der Waals surface area contributed by atoms with Gasteiger partial charge in [-0.25, -0.2) is 0 Å². The Balaban J connectivity index is 1.22. The van der Waals surface area contributed by atoms with Gasteiger partial charge in [0.25, 0.3) is 0 Å². The van der Waals surface area contributed by atoms with Crippen LogP contribution in [0.4, 0.5) is 17.1 Å². The third-order valence-electron chi connectivity index (χ3n) is 8.82. The summed E-state index contributed by atoms with van der Waals surface area (Å²) in [6, 6.07) is 59.7. The molecule has 0 N–H and O–H groups in total. The second kappa shape index (κ2) is 10.1. The van der Waals surface area contributed by atoms with Gasteiger partial charge in [-0.15, -0.1) is 11.3 Å². The first-order chi connectivity index (χ1) is 21.8. The minimum absolute atomic E-state index is 1.15. The molecule has 9 rings (SSSR count). The molecule has 0 spiro atoms. The van der Waals surface area contributed by atoms with E-state index in [1.165, 1.54) is 63.6 Å². The van der Waals surface area contributed by atoms with Crippen molar-refractivity contribution >= 4 is 80.9 Å². The Morgan fingerprint density at radius 1 is 0.295 bits per heavy atom. The SMILES string of the molecule is c1ccc(N(c2ccccc2)c2ccc3sc4ccc(-c5ccc6c7ccccc7c7ccccc7c6c5)cc4c3c2)cc1. The highest BCUT2D eigenvalue weighted by atomic mass is 32.1. The molecule has 0 saturated heterocycles. The number of hydrogen-bond acceptors (Lipinski definition) is 2. The van der Waals surface area contributed by atoms with Crippen LogP contribution in [0.15, 0.2) is 164 Å². The Kier molecular flexibility index (Phi) is 5.75. The molecule has 0 saturated carbocycles. The highest BCUT2D eigenvalue weighted by Gasteiger charge is 2.15. The van der Waals surface area contributed by atoms with E-state index in [1.807, 2.05) is 11.3 Å². The van der Waals surface area contributed by atoms with Gasteiger partial charge in [0.1, 0.15) is 0 Å². The smallest absolute Gasteiger partial charge is 0.0468 e. The Bertz CT molecular complexity index is 2420. The highest BCUT2D eigenvalue weighted by molar-refractivity contribution is 7.25. The number of rotatable bonds is 4. The molecule has 2 heteroatoms. The van der Waals surface area contributed by atoms with Gasteiger partial charge in [-0.3, -0.25) is 0 Å². The van der Waals surface area contributed by atoms with Crippen LogP contribution in [0.1, 0.15) is 0 Å². The van der Waals surface area contributed by atoms with Crippen LogP contribution >= 0.6 is 11.3 Å². The van der Waals surface area contributed by atoms with Crippen LogP contribution in [0.3, 0.4) is 0 Å². The number of fused-ring (bicyclic) bond motifs is 9. The lowest BCUT2D eigenvalue weighted by Crippen LogP contribution is -2.09. The van der Waals surface area contributed by atoms with Crippen molar-refractivity contribution in [2.45, 2.75) is 0 Å². The van der Waals surface area contributed by atoms with E-state index in [1.54, 1.807) is 0 Å². The van der Waals surface area contributed by atoms with Gasteiger partial charge in [-0.2, -0.15) is 0 Å². The number of hydrogen-bond donors (Lipinski definition) is 0. The molecular weight excluding hydrogens is 551 g/mol. The van der Waals surface area contributed by atoms with Crippen LogP contribution in [0, 0.1) is 0 Å². The van der Waals surface area contributed by atoms with Crippen molar-refractivity contribution in [1.29, 1.82) is 0 Å². The molecule has 0 amide bonds. The fraction of sp³-hybridized carbons (Fsp3) is 0. The third kappa shape index (κ3) is 4.00.